The van der Waals surface area contributed by atoms with Crippen LogP contribution in [0.15, 0.2) is 24.3 Å². The average molecular weight is 274 g/mol. The number of nitrogens with one attached hydrogen (secondary N) is 1. The quantitative estimate of drug-likeness (QED) is 0.905. The van der Waals surface area contributed by atoms with Crippen LogP contribution in [0.2, 0.25) is 0 Å². The molecule has 1 fully saturated rings. The Morgan fingerprint density at radius 2 is 2.10 bits per heavy atom. The smallest absolute Gasteiger partial charge is 0.224 e. The molecule has 1 aromatic rings. The molecule has 4 nitrogen and oxygen atoms in total. The molecule has 2 amide bonds. The van der Waals surface area contributed by atoms with Gasteiger partial charge >= 0.3 is 0 Å². The van der Waals surface area contributed by atoms with Gasteiger partial charge in [-0.2, -0.15) is 0 Å². The van der Waals surface area contributed by atoms with Gasteiger partial charge in [0.25, 0.3) is 0 Å². The lowest BCUT2D eigenvalue weighted by Crippen LogP contribution is -2.34. The summed E-state index contributed by atoms with van der Waals surface area (Å²) in [5.74, 6) is 0.0818. The van der Waals surface area contributed by atoms with Crippen LogP contribution in [-0.4, -0.2) is 36.3 Å². The molecule has 1 N–H and O–H groups in total. The number of aryl methyl sites for hydroxylation is 1. The van der Waals surface area contributed by atoms with Crippen molar-refractivity contribution in [3.63, 3.8) is 0 Å². The van der Waals surface area contributed by atoms with E-state index in [2.05, 4.69) is 24.4 Å². The van der Waals surface area contributed by atoms with Gasteiger partial charge in [-0.1, -0.05) is 24.3 Å². The van der Waals surface area contributed by atoms with Crippen molar-refractivity contribution in [1.82, 2.24) is 10.2 Å². The van der Waals surface area contributed by atoms with E-state index in [1.54, 1.807) is 11.8 Å². The van der Waals surface area contributed by atoms with Gasteiger partial charge in [0.2, 0.25) is 11.8 Å². The van der Waals surface area contributed by atoms with Crippen molar-refractivity contribution >= 4 is 11.8 Å². The molecule has 2 rings (SSSR count). The fourth-order valence-corrected chi connectivity index (χ4v) is 2.62. The molecule has 1 heterocycles. The summed E-state index contributed by atoms with van der Waals surface area (Å²) in [5.41, 5.74) is 2.52. The molecule has 0 aliphatic carbocycles. The van der Waals surface area contributed by atoms with E-state index in [1.807, 2.05) is 12.1 Å². The number of likely N-dealkylation sites (tertiary alicyclic amines) is 1. The van der Waals surface area contributed by atoms with Gasteiger partial charge in [-0.05, 0) is 30.9 Å². The van der Waals surface area contributed by atoms with E-state index in [1.165, 1.54) is 11.1 Å². The van der Waals surface area contributed by atoms with Crippen LogP contribution >= 0.6 is 0 Å². The summed E-state index contributed by atoms with van der Waals surface area (Å²) in [5, 5.41) is 2.98. The van der Waals surface area contributed by atoms with Gasteiger partial charge in [0, 0.05) is 26.6 Å². The average Bonchev–Trinajstić information content (AvgIpc) is 2.91. The van der Waals surface area contributed by atoms with E-state index in [0.717, 1.165) is 12.8 Å². The molecular formula is C16H22N2O2. The molecule has 108 valence electrons. The topological polar surface area (TPSA) is 49.4 Å². The van der Waals surface area contributed by atoms with Crippen LogP contribution in [0.3, 0.4) is 0 Å². The van der Waals surface area contributed by atoms with E-state index >= 15 is 0 Å². The van der Waals surface area contributed by atoms with E-state index in [4.69, 9.17) is 0 Å². The summed E-state index contributed by atoms with van der Waals surface area (Å²) in [6, 6.07) is 8.21. The lowest BCUT2D eigenvalue weighted by atomic mass is 10.1. The summed E-state index contributed by atoms with van der Waals surface area (Å²) in [7, 11) is 0. The second kappa shape index (κ2) is 6.55. The normalized spacial score (nSPS) is 18.1. The number of carbonyl (C=O) groups is 2. The van der Waals surface area contributed by atoms with Crippen molar-refractivity contribution in [3.8, 4) is 0 Å². The lowest BCUT2D eigenvalue weighted by Gasteiger charge is -2.14. The lowest BCUT2D eigenvalue weighted by molar-refractivity contribution is -0.128. The third-order valence-corrected chi connectivity index (χ3v) is 3.96. The Hall–Kier alpha value is -1.84. The second-order valence-corrected chi connectivity index (χ2v) is 5.42. The molecule has 1 aliphatic heterocycles. The van der Waals surface area contributed by atoms with Crippen molar-refractivity contribution in [2.75, 3.05) is 19.6 Å². The van der Waals surface area contributed by atoms with Crippen LogP contribution < -0.4 is 5.32 Å². The third-order valence-electron chi connectivity index (χ3n) is 3.96. The summed E-state index contributed by atoms with van der Waals surface area (Å²) < 4.78 is 0. The maximum atomic E-state index is 12.0. The third kappa shape index (κ3) is 3.59. The Morgan fingerprint density at radius 1 is 1.35 bits per heavy atom. The molecule has 0 bridgehead atoms. The molecule has 0 saturated carbocycles. The molecule has 1 saturated heterocycles. The van der Waals surface area contributed by atoms with Gasteiger partial charge < -0.3 is 10.2 Å². The van der Waals surface area contributed by atoms with Crippen LogP contribution in [0.4, 0.5) is 0 Å². The first-order valence-corrected chi connectivity index (χ1v) is 7.15. The summed E-state index contributed by atoms with van der Waals surface area (Å²) in [6.45, 7) is 5.55. The van der Waals surface area contributed by atoms with E-state index in [9.17, 15) is 9.59 Å². The maximum absolute atomic E-state index is 12.0. The summed E-state index contributed by atoms with van der Waals surface area (Å²) in [4.78, 5) is 25.0. The Balaban J connectivity index is 1.76. The Kier molecular flexibility index (Phi) is 4.77. The molecule has 1 atom stereocenters. The molecule has 1 aliphatic rings. The summed E-state index contributed by atoms with van der Waals surface area (Å²) in [6.07, 6.45) is 1.62. The summed E-state index contributed by atoms with van der Waals surface area (Å²) >= 11 is 0. The van der Waals surface area contributed by atoms with Crippen LogP contribution in [0.25, 0.3) is 0 Å². The Labute approximate surface area is 120 Å². The monoisotopic (exact) mass is 274 g/mol. The van der Waals surface area contributed by atoms with Gasteiger partial charge in [0.05, 0.1) is 5.92 Å². The number of hydrogen-bond acceptors (Lipinski definition) is 2. The fourth-order valence-electron chi connectivity index (χ4n) is 2.62. The molecule has 4 heteroatoms. The van der Waals surface area contributed by atoms with Gasteiger partial charge in [-0.3, -0.25) is 9.59 Å². The molecule has 1 aromatic carbocycles. The highest BCUT2D eigenvalue weighted by Crippen LogP contribution is 2.16. The van der Waals surface area contributed by atoms with Crippen molar-refractivity contribution < 1.29 is 9.59 Å². The van der Waals surface area contributed by atoms with Crippen LogP contribution in [0.5, 0.6) is 0 Å². The predicted octanol–water partition coefficient (Wildman–Crippen LogP) is 1.52. The van der Waals surface area contributed by atoms with Gasteiger partial charge in [-0.25, -0.2) is 0 Å². The standard InChI is InChI=1S/C16H22N2O2/c1-12-5-3-4-6-14(12)7-9-17-16(20)15-8-10-18(11-15)13(2)19/h3-6,15H,7-11H2,1-2H3,(H,17,20). The van der Waals surface area contributed by atoms with Crippen LogP contribution in [0, 0.1) is 12.8 Å². The van der Waals surface area contributed by atoms with Gasteiger partial charge in [0.15, 0.2) is 0 Å². The first-order valence-electron chi connectivity index (χ1n) is 7.15. The number of amides is 2. The van der Waals surface area contributed by atoms with Gasteiger partial charge in [0.1, 0.15) is 0 Å². The first kappa shape index (κ1) is 14.6. The van der Waals surface area contributed by atoms with E-state index in [-0.39, 0.29) is 17.7 Å². The Bertz CT molecular complexity index is 499. The minimum atomic E-state index is -0.0456. The van der Waals surface area contributed by atoms with Gasteiger partial charge in [-0.15, -0.1) is 0 Å². The van der Waals surface area contributed by atoms with E-state index in [0.29, 0.717) is 19.6 Å². The number of benzene rings is 1. The molecule has 0 spiro atoms. The number of carbonyl (C=O) groups excluding carboxylic acids is 2. The Morgan fingerprint density at radius 3 is 2.75 bits per heavy atom. The van der Waals surface area contributed by atoms with E-state index < -0.39 is 0 Å². The fraction of sp³-hybridized carbons (Fsp3) is 0.500. The largest absolute Gasteiger partial charge is 0.355 e. The predicted molar refractivity (Wildman–Crippen MR) is 78.3 cm³/mol. The minimum Gasteiger partial charge on any atom is -0.355 e. The molecule has 1 unspecified atom stereocenters. The highest BCUT2D eigenvalue weighted by Gasteiger charge is 2.29. The zero-order chi connectivity index (χ0) is 14.5. The van der Waals surface area contributed by atoms with Crippen molar-refractivity contribution in [1.29, 1.82) is 0 Å². The molecule has 0 radical (unpaired) electrons. The first-order chi connectivity index (χ1) is 9.58. The number of nitrogens with zero attached hydrogens (tertiary/aromatic N) is 1. The molecular weight excluding hydrogens is 252 g/mol. The minimum absolute atomic E-state index is 0.0456. The van der Waals surface area contributed by atoms with Crippen LogP contribution in [0.1, 0.15) is 24.5 Å². The van der Waals surface area contributed by atoms with Crippen LogP contribution in [-0.2, 0) is 16.0 Å². The zero-order valence-electron chi connectivity index (χ0n) is 12.2. The van der Waals surface area contributed by atoms with Crippen molar-refractivity contribution in [2.45, 2.75) is 26.7 Å². The number of hydrogen-bond donors (Lipinski definition) is 1. The molecule has 0 aromatic heterocycles. The molecule has 20 heavy (non-hydrogen) atoms. The SMILES string of the molecule is CC(=O)N1CCC(C(=O)NCCc2ccccc2C)C1. The second-order valence-electron chi connectivity index (χ2n) is 5.42. The highest BCUT2D eigenvalue weighted by molar-refractivity contribution is 5.81. The number of rotatable bonds is 4. The van der Waals surface area contributed by atoms with Crippen molar-refractivity contribution in [2.24, 2.45) is 5.92 Å². The van der Waals surface area contributed by atoms with Crippen molar-refractivity contribution in [3.05, 3.63) is 35.4 Å². The highest BCUT2D eigenvalue weighted by atomic mass is 16.2. The zero-order valence-corrected chi connectivity index (χ0v) is 12.2. The maximum Gasteiger partial charge on any atom is 0.224 e.